The molecule has 0 atom stereocenters. The van der Waals surface area contributed by atoms with Gasteiger partial charge in [0.2, 0.25) is 0 Å². The molecule has 0 unspecified atom stereocenters. The lowest BCUT2D eigenvalue weighted by Crippen LogP contribution is -2.25. The Morgan fingerprint density at radius 1 is 1.27 bits per heavy atom. The van der Waals surface area contributed by atoms with Gasteiger partial charge in [0.05, 0.1) is 11.8 Å². The van der Waals surface area contributed by atoms with Gasteiger partial charge < -0.3 is 10.4 Å². The molecule has 22 heavy (non-hydrogen) atoms. The molecule has 2 rings (SSSR count). The maximum absolute atomic E-state index is 12.2. The fourth-order valence-electron chi connectivity index (χ4n) is 1.85. The summed E-state index contributed by atoms with van der Waals surface area (Å²) < 4.78 is 0.987. The van der Waals surface area contributed by atoms with E-state index in [1.807, 2.05) is 36.4 Å². The van der Waals surface area contributed by atoms with Crippen molar-refractivity contribution in [3.8, 4) is 0 Å². The average molecular weight is 361 g/mol. The Hall–Kier alpha value is -2.14. The van der Waals surface area contributed by atoms with Crippen molar-refractivity contribution in [1.82, 2.24) is 5.32 Å². The predicted molar refractivity (Wildman–Crippen MR) is 91.9 cm³/mol. The number of carbonyl (C=O) groups excluding carboxylic acids is 1. The maximum Gasteiger partial charge on any atom is 0.255 e. The molecule has 4 nitrogen and oxygen atoms in total. The Labute approximate surface area is 138 Å². The molecule has 0 aromatic heterocycles. The van der Waals surface area contributed by atoms with Crippen LogP contribution in [0.2, 0.25) is 0 Å². The van der Waals surface area contributed by atoms with Crippen LogP contribution in [0, 0.1) is 0 Å². The number of hydrogen-bond acceptors (Lipinski definition) is 3. The first-order chi connectivity index (χ1) is 10.7. The fourth-order valence-corrected chi connectivity index (χ4v) is 2.12. The van der Waals surface area contributed by atoms with Crippen LogP contribution >= 0.6 is 15.9 Å². The minimum atomic E-state index is -0.336. The molecular weight excluding hydrogens is 344 g/mol. The van der Waals surface area contributed by atoms with E-state index < -0.39 is 0 Å². The van der Waals surface area contributed by atoms with Crippen LogP contribution in [0.5, 0.6) is 0 Å². The predicted octanol–water partition coefficient (Wildman–Crippen LogP) is 3.46. The van der Waals surface area contributed by atoms with Crippen molar-refractivity contribution in [3.05, 3.63) is 69.9 Å². The molecule has 1 aliphatic heterocycles. The van der Waals surface area contributed by atoms with Crippen LogP contribution < -0.4 is 5.32 Å². The van der Waals surface area contributed by atoms with Crippen LogP contribution in [0.15, 0.2) is 69.4 Å². The number of halogens is 1. The van der Waals surface area contributed by atoms with E-state index in [4.69, 9.17) is 0 Å². The molecule has 0 aliphatic carbocycles. The second-order valence-electron chi connectivity index (χ2n) is 4.72. The summed E-state index contributed by atoms with van der Waals surface area (Å²) in [6, 6.07) is 7.68. The summed E-state index contributed by atoms with van der Waals surface area (Å²) in [5.41, 5.74) is 1.18. The summed E-state index contributed by atoms with van der Waals surface area (Å²) in [5, 5.41) is 12.8. The highest BCUT2D eigenvalue weighted by molar-refractivity contribution is 9.10. The largest absolute Gasteiger partial charge is 0.506 e. The standard InChI is InChI=1S/C17H17BrN2O2/c18-14-8-6-13(7-9-14)11-20-17(22)15-5-3-1-2-4-10-19-12-16(15)21/h1-3,5-9,12,21H,4,10-11H2,(H,20,22)/b2-1+,5-3-,16-15-,19-12?. The number of hydrogen-bond donors (Lipinski definition) is 2. The van der Waals surface area contributed by atoms with Crippen LogP contribution in [0.1, 0.15) is 12.0 Å². The third kappa shape index (κ3) is 5.00. The molecule has 1 heterocycles. The number of amides is 1. The highest BCUT2D eigenvalue weighted by atomic mass is 79.9. The monoisotopic (exact) mass is 360 g/mol. The molecule has 0 radical (unpaired) electrons. The van der Waals surface area contributed by atoms with E-state index in [1.165, 1.54) is 6.21 Å². The zero-order valence-corrected chi connectivity index (χ0v) is 13.6. The lowest BCUT2D eigenvalue weighted by Gasteiger charge is -2.07. The van der Waals surface area contributed by atoms with Crippen molar-refractivity contribution in [3.63, 3.8) is 0 Å². The summed E-state index contributed by atoms with van der Waals surface area (Å²) >= 11 is 3.37. The third-order valence-corrected chi connectivity index (χ3v) is 3.56. The second-order valence-corrected chi connectivity index (χ2v) is 5.63. The topological polar surface area (TPSA) is 61.7 Å². The van der Waals surface area contributed by atoms with Crippen molar-refractivity contribution in [1.29, 1.82) is 0 Å². The van der Waals surface area contributed by atoms with Gasteiger partial charge in [-0.15, -0.1) is 0 Å². The third-order valence-electron chi connectivity index (χ3n) is 3.04. The van der Waals surface area contributed by atoms with Gasteiger partial charge in [-0.3, -0.25) is 9.79 Å². The minimum absolute atomic E-state index is 0.125. The Balaban J connectivity index is 2.08. The first-order valence-electron chi connectivity index (χ1n) is 6.96. The van der Waals surface area contributed by atoms with Crippen molar-refractivity contribution >= 4 is 28.1 Å². The SMILES string of the molecule is O=C(NCc1ccc(Br)cc1)C1=C(\O)C=NCC/C=C/C=C\1. The van der Waals surface area contributed by atoms with E-state index in [0.29, 0.717) is 13.1 Å². The average Bonchev–Trinajstić information content (AvgIpc) is 2.52. The Bertz CT molecular complexity index is 643. The highest BCUT2D eigenvalue weighted by Gasteiger charge is 2.11. The molecule has 1 aliphatic rings. The number of benzene rings is 1. The van der Waals surface area contributed by atoms with Gasteiger partial charge >= 0.3 is 0 Å². The van der Waals surface area contributed by atoms with Gasteiger partial charge in [-0.2, -0.15) is 0 Å². The number of carbonyl (C=O) groups is 1. The normalized spacial score (nSPS) is 21.1. The molecule has 0 spiro atoms. The molecule has 0 fully saturated rings. The number of nitrogens with zero attached hydrogens (tertiary/aromatic N) is 1. The van der Waals surface area contributed by atoms with Crippen molar-refractivity contribution in [2.45, 2.75) is 13.0 Å². The molecule has 5 heteroatoms. The van der Waals surface area contributed by atoms with Crippen molar-refractivity contribution < 1.29 is 9.90 Å². The van der Waals surface area contributed by atoms with Gasteiger partial charge in [-0.05, 0) is 30.2 Å². The molecule has 114 valence electrons. The fraction of sp³-hybridized carbons (Fsp3) is 0.176. The second kappa shape index (κ2) is 8.34. The Morgan fingerprint density at radius 3 is 2.82 bits per heavy atom. The molecule has 0 bridgehead atoms. The minimum Gasteiger partial charge on any atom is -0.506 e. The number of aliphatic imine (C=N–C) groups is 1. The lowest BCUT2D eigenvalue weighted by atomic mass is 10.1. The summed E-state index contributed by atoms with van der Waals surface area (Å²) in [7, 11) is 0. The highest BCUT2D eigenvalue weighted by Crippen LogP contribution is 2.11. The number of aliphatic hydroxyl groups is 1. The smallest absolute Gasteiger partial charge is 0.255 e. The first-order valence-corrected chi connectivity index (χ1v) is 7.75. The van der Waals surface area contributed by atoms with E-state index in [9.17, 15) is 9.90 Å². The zero-order valence-electron chi connectivity index (χ0n) is 12.0. The Morgan fingerprint density at radius 2 is 2.05 bits per heavy atom. The molecule has 2 N–H and O–H groups in total. The van der Waals surface area contributed by atoms with Crippen LogP contribution in [-0.2, 0) is 11.3 Å². The molecule has 0 saturated heterocycles. The molecular formula is C17H17BrN2O2. The van der Waals surface area contributed by atoms with Gasteiger partial charge in [0.1, 0.15) is 5.76 Å². The van der Waals surface area contributed by atoms with Crippen LogP contribution in [-0.4, -0.2) is 23.8 Å². The van der Waals surface area contributed by atoms with Crippen LogP contribution in [0.3, 0.4) is 0 Å². The van der Waals surface area contributed by atoms with E-state index in [2.05, 4.69) is 26.2 Å². The molecule has 1 aromatic carbocycles. The van der Waals surface area contributed by atoms with Gasteiger partial charge in [-0.25, -0.2) is 0 Å². The van der Waals surface area contributed by atoms with Gasteiger partial charge in [0.25, 0.3) is 5.91 Å². The van der Waals surface area contributed by atoms with E-state index in [0.717, 1.165) is 16.5 Å². The quantitative estimate of drug-likeness (QED) is 0.866. The summed E-state index contributed by atoms with van der Waals surface area (Å²) in [5.74, 6) is -0.461. The van der Waals surface area contributed by atoms with Crippen LogP contribution in [0.4, 0.5) is 0 Å². The number of nitrogens with one attached hydrogen (secondary N) is 1. The lowest BCUT2D eigenvalue weighted by molar-refractivity contribution is -0.117. The summed E-state index contributed by atoms with van der Waals surface area (Å²) in [6.45, 7) is 0.978. The molecule has 1 aromatic rings. The zero-order chi connectivity index (χ0) is 15.8. The van der Waals surface area contributed by atoms with E-state index >= 15 is 0 Å². The molecule has 0 saturated carbocycles. The summed E-state index contributed by atoms with van der Waals surface area (Å²) in [4.78, 5) is 16.3. The van der Waals surface area contributed by atoms with Crippen molar-refractivity contribution in [2.24, 2.45) is 4.99 Å². The number of aliphatic hydroxyl groups excluding tert-OH is 1. The van der Waals surface area contributed by atoms with Gasteiger partial charge in [0, 0.05) is 17.6 Å². The number of allylic oxidation sites excluding steroid dienone is 3. The van der Waals surface area contributed by atoms with E-state index in [-0.39, 0.29) is 17.2 Å². The van der Waals surface area contributed by atoms with E-state index in [1.54, 1.807) is 12.2 Å². The maximum atomic E-state index is 12.2. The number of rotatable bonds is 3. The first kappa shape index (κ1) is 16.2. The van der Waals surface area contributed by atoms with Crippen molar-refractivity contribution in [2.75, 3.05) is 6.54 Å². The van der Waals surface area contributed by atoms with Gasteiger partial charge in [-0.1, -0.05) is 46.3 Å². The Kier molecular flexibility index (Phi) is 6.15. The molecule has 1 amide bonds. The van der Waals surface area contributed by atoms with Crippen LogP contribution in [0.25, 0.3) is 0 Å². The summed E-state index contributed by atoms with van der Waals surface area (Å²) in [6.07, 6.45) is 9.27. The van der Waals surface area contributed by atoms with Gasteiger partial charge in [0.15, 0.2) is 0 Å².